The van der Waals surface area contributed by atoms with Gasteiger partial charge in [-0.25, -0.2) is 0 Å². The van der Waals surface area contributed by atoms with Crippen molar-refractivity contribution in [3.8, 4) is 0 Å². The molecule has 1 fully saturated rings. The minimum atomic E-state index is 0.911. The van der Waals surface area contributed by atoms with Crippen molar-refractivity contribution in [3.63, 3.8) is 0 Å². The number of rotatable bonds is 4. The van der Waals surface area contributed by atoms with Crippen LogP contribution in [0, 0.1) is 0 Å². The third kappa shape index (κ3) is 5.70. The van der Waals surface area contributed by atoms with Gasteiger partial charge < -0.3 is 15.1 Å². The van der Waals surface area contributed by atoms with E-state index in [2.05, 4.69) is 22.2 Å². The van der Waals surface area contributed by atoms with E-state index in [1.165, 1.54) is 39.1 Å². The Morgan fingerprint density at radius 1 is 1.33 bits per heavy atom. The lowest BCUT2D eigenvalue weighted by molar-refractivity contribution is 0.153. The second-order valence-corrected chi connectivity index (χ2v) is 5.40. The number of nitrogens with one attached hydrogen (secondary N) is 1. The number of thioether (sulfide) groups is 1. The lowest BCUT2D eigenvalue weighted by Gasteiger charge is -2.32. The van der Waals surface area contributed by atoms with Crippen molar-refractivity contribution >= 4 is 28.3 Å². The van der Waals surface area contributed by atoms with Gasteiger partial charge in [-0.15, -0.1) is 11.8 Å². The Balaban J connectivity index is 1.98. The first-order chi connectivity index (χ1) is 7.22. The van der Waals surface area contributed by atoms with Crippen LogP contribution < -0.4 is 5.32 Å². The molecule has 0 atom stereocenters. The SMILES string of the molecule is CSC(=S)NCCCN1CCN(C)CC1. The summed E-state index contributed by atoms with van der Waals surface area (Å²) in [6.07, 6.45) is 3.19. The predicted octanol–water partition coefficient (Wildman–Crippen LogP) is 0.861. The van der Waals surface area contributed by atoms with Crippen LogP contribution in [0.1, 0.15) is 6.42 Å². The highest BCUT2D eigenvalue weighted by molar-refractivity contribution is 8.22. The van der Waals surface area contributed by atoms with Gasteiger partial charge in [-0.1, -0.05) is 12.2 Å². The maximum Gasteiger partial charge on any atom is 0.133 e. The van der Waals surface area contributed by atoms with Crippen LogP contribution in [0.5, 0.6) is 0 Å². The maximum atomic E-state index is 5.07. The van der Waals surface area contributed by atoms with Crippen LogP contribution >= 0.6 is 24.0 Å². The zero-order valence-electron chi connectivity index (χ0n) is 9.66. The van der Waals surface area contributed by atoms with Crippen molar-refractivity contribution in [2.75, 3.05) is 52.6 Å². The molecule has 1 aliphatic heterocycles. The summed E-state index contributed by atoms with van der Waals surface area (Å²) in [7, 11) is 2.19. The minimum absolute atomic E-state index is 0.911. The number of hydrogen-bond acceptors (Lipinski definition) is 4. The van der Waals surface area contributed by atoms with Crippen molar-refractivity contribution in [2.45, 2.75) is 6.42 Å². The van der Waals surface area contributed by atoms with Crippen molar-refractivity contribution in [1.29, 1.82) is 0 Å². The second-order valence-electron chi connectivity index (χ2n) is 3.92. The molecule has 0 spiro atoms. The number of thiocarbonyl (C=S) groups is 1. The predicted molar refractivity (Wildman–Crippen MR) is 72.7 cm³/mol. The lowest BCUT2D eigenvalue weighted by atomic mass is 10.3. The Morgan fingerprint density at radius 3 is 2.60 bits per heavy atom. The van der Waals surface area contributed by atoms with E-state index in [4.69, 9.17) is 12.2 Å². The van der Waals surface area contributed by atoms with E-state index < -0.39 is 0 Å². The van der Waals surface area contributed by atoms with Gasteiger partial charge in [-0.3, -0.25) is 0 Å². The summed E-state index contributed by atoms with van der Waals surface area (Å²) in [4.78, 5) is 4.92. The van der Waals surface area contributed by atoms with Gasteiger partial charge in [0.15, 0.2) is 0 Å². The van der Waals surface area contributed by atoms with E-state index in [1.807, 2.05) is 6.26 Å². The molecule has 0 unspecified atom stereocenters. The standard InChI is InChI=1S/C10H21N3S2/c1-12-6-8-13(9-7-12)5-3-4-11-10(14)15-2/h3-9H2,1-2H3,(H,11,14). The molecule has 0 aliphatic carbocycles. The molecule has 1 rings (SSSR count). The zero-order chi connectivity index (χ0) is 11.1. The lowest BCUT2D eigenvalue weighted by Crippen LogP contribution is -2.45. The molecule has 0 bridgehead atoms. The van der Waals surface area contributed by atoms with E-state index in [0.29, 0.717) is 0 Å². The zero-order valence-corrected chi connectivity index (χ0v) is 11.3. The fourth-order valence-corrected chi connectivity index (χ4v) is 1.99. The highest BCUT2D eigenvalue weighted by Crippen LogP contribution is 2.00. The monoisotopic (exact) mass is 247 g/mol. The van der Waals surface area contributed by atoms with Crippen LogP contribution in [0.2, 0.25) is 0 Å². The molecule has 0 saturated carbocycles. The van der Waals surface area contributed by atoms with E-state index in [0.717, 1.165) is 10.9 Å². The van der Waals surface area contributed by atoms with Crippen LogP contribution in [-0.2, 0) is 0 Å². The number of hydrogen-bond donors (Lipinski definition) is 1. The van der Waals surface area contributed by atoms with Crippen LogP contribution in [0.25, 0.3) is 0 Å². The number of nitrogens with zero attached hydrogens (tertiary/aromatic N) is 2. The minimum Gasteiger partial charge on any atom is -0.371 e. The molecule has 15 heavy (non-hydrogen) atoms. The summed E-state index contributed by atoms with van der Waals surface area (Å²) >= 11 is 6.68. The summed E-state index contributed by atoms with van der Waals surface area (Å²) in [6.45, 7) is 7.03. The number of likely N-dealkylation sites (N-methyl/N-ethyl adjacent to an activating group) is 1. The van der Waals surface area contributed by atoms with Crippen LogP contribution in [0.15, 0.2) is 0 Å². The fraction of sp³-hybridized carbons (Fsp3) is 0.900. The van der Waals surface area contributed by atoms with Crippen molar-refractivity contribution in [1.82, 2.24) is 15.1 Å². The van der Waals surface area contributed by atoms with E-state index in [-0.39, 0.29) is 0 Å². The van der Waals surface area contributed by atoms with Gasteiger partial charge in [0, 0.05) is 32.7 Å². The first-order valence-corrected chi connectivity index (χ1v) is 7.08. The van der Waals surface area contributed by atoms with Gasteiger partial charge in [-0.2, -0.15) is 0 Å². The van der Waals surface area contributed by atoms with Gasteiger partial charge in [0.2, 0.25) is 0 Å². The molecule has 1 aliphatic rings. The molecule has 1 saturated heterocycles. The van der Waals surface area contributed by atoms with Gasteiger partial charge in [0.1, 0.15) is 4.32 Å². The Bertz CT molecular complexity index is 191. The highest BCUT2D eigenvalue weighted by Gasteiger charge is 2.12. The first-order valence-electron chi connectivity index (χ1n) is 5.45. The molecule has 5 heteroatoms. The normalized spacial score (nSPS) is 19.1. The molecule has 0 radical (unpaired) electrons. The van der Waals surface area contributed by atoms with Crippen LogP contribution in [0.4, 0.5) is 0 Å². The Hall–Kier alpha value is 0.160. The van der Waals surface area contributed by atoms with Crippen LogP contribution in [0.3, 0.4) is 0 Å². The van der Waals surface area contributed by atoms with E-state index >= 15 is 0 Å². The van der Waals surface area contributed by atoms with Gasteiger partial charge >= 0.3 is 0 Å². The average molecular weight is 247 g/mol. The van der Waals surface area contributed by atoms with Crippen LogP contribution in [-0.4, -0.2) is 66.7 Å². The Kier molecular flexibility index (Phi) is 6.56. The molecule has 0 aromatic rings. The number of piperazine rings is 1. The smallest absolute Gasteiger partial charge is 0.133 e. The third-order valence-corrected chi connectivity index (χ3v) is 3.86. The van der Waals surface area contributed by atoms with E-state index in [1.54, 1.807) is 11.8 Å². The van der Waals surface area contributed by atoms with Gasteiger partial charge in [0.05, 0.1) is 0 Å². The second kappa shape index (κ2) is 7.44. The van der Waals surface area contributed by atoms with Crippen molar-refractivity contribution in [3.05, 3.63) is 0 Å². The van der Waals surface area contributed by atoms with Gasteiger partial charge in [-0.05, 0) is 26.3 Å². The summed E-state index contributed by atoms with van der Waals surface area (Å²) in [5, 5.41) is 3.24. The Labute approximate surface area is 103 Å². The van der Waals surface area contributed by atoms with E-state index in [9.17, 15) is 0 Å². The molecule has 1 heterocycles. The molecule has 0 amide bonds. The molecule has 0 aromatic carbocycles. The largest absolute Gasteiger partial charge is 0.371 e. The highest BCUT2D eigenvalue weighted by atomic mass is 32.2. The third-order valence-electron chi connectivity index (χ3n) is 2.70. The first kappa shape index (κ1) is 13.2. The topological polar surface area (TPSA) is 18.5 Å². The quantitative estimate of drug-likeness (QED) is 0.585. The summed E-state index contributed by atoms with van der Waals surface area (Å²) in [5.41, 5.74) is 0. The average Bonchev–Trinajstić information content (AvgIpc) is 2.26. The summed E-state index contributed by atoms with van der Waals surface area (Å²) in [5.74, 6) is 0. The molecule has 3 nitrogen and oxygen atoms in total. The Morgan fingerprint density at radius 2 is 2.00 bits per heavy atom. The van der Waals surface area contributed by atoms with Crippen molar-refractivity contribution < 1.29 is 0 Å². The molecular formula is C10H21N3S2. The maximum absolute atomic E-state index is 5.07. The summed E-state index contributed by atoms with van der Waals surface area (Å²) < 4.78 is 0.911. The summed E-state index contributed by atoms with van der Waals surface area (Å²) in [6, 6.07) is 0. The molecular weight excluding hydrogens is 226 g/mol. The van der Waals surface area contributed by atoms with Crippen molar-refractivity contribution in [2.24, 2.45) is 0 Å². The molecule has 0 aromatic heterocycles. The fourth-order valence-electron chi connectivity index (χ4n) is 1.64. The van der Waals surface area contributed by atoms with Gasteiger partial charge in [0.25, 0.3) is 0 Å². The molecule has 1 N–H and O–H groups in total. The molecule has 88 valence electrons.